The number of carboxylic acids is 1. The number of aliphatic carboxylic acids is 1. The van der Waals surface area contributed by atoms with Crippen molar-refractivity contribution in [3.63, 3.8) is 0 Å². The van der Waals surface area contributed by atoms with E-state index in [0.29, 0.717) is 16.9 Å². The number of benzene rings is 1. The number of sulfone groups is 1. The molecule has 0 saturated heterocycles. The summed E-state index contributed by atoms with van der Waals surface area (Å²) in [5.41, 5.74) is 1.01. The molecule has 0 aliphatic carbocycles. The predicted octanol–water partition coefficient (Wildman–Crippen LogP) is 0.744. The molecule has 0 bridgehead atoms. The highest BCUT2D eigenvalue weighted by Gasteiger charge is 2.16. The summed E-state index contributed by atoms with van der Waals surface area (Å²) in [4.78, 5) is 17.3. The normalized spacial score (nSPS) is 11.8. The zero-order chi connectivity index (χ0) is 14.0. The lowest BCUT2D eigenvalue weighted by Gasteiger charge is -1.98. The van der Waals surface area contributed by atoms with E-state index >= 15 is 0 Å². The van der Waals surface area contributed by atoms with Crippen LogP contribution in [-0.2, 0) is 21.1 Å². The standard InChI is InChI=1S/C11H11FN2O4S/c12-7-1-2-8-9(5-7)14-10(13-8)3-4-19(17,18)6-11(15)16/h1-2,5H,3-4,6H2,(H,13,14)(H,15,16). The van der Waals surface area contributed by atoms with Crippen molar-refractivity contribution in [3.8, 4) is 0 Å². The summed E-state index contributed by atoms with van der Waals surface area (Å²) in [5.74, 6) is -2.63. The minimum absolute atomic E-state index is 0.0614. The maximum absolute atomic E-state index is 13.0. The molecule has 0 aliphatic heterocycles. The van der Waals surface area contributed by atoms with E-state index in [2.05, 4.69) is 9.97 Å². The van der Waals surface area contributed by atoms with Gasteiger partial charge >= 0.3 is 5.97 Å². The second kappa shape index (κ2) is 4.96. The fourth-order valence-electron chi connectivity index (χ4n) is 1.67. The van der Waals surface area contributed by atoms with Gasteiger partial charge in [0.1, 0.15) is 17.4 Å². The van der Waals surface area contributed by atoms with Crippen molar-refractivity contribution in [2.45, 2.75) is 6.42 Å². The highest BCUT2D eigenvalue weighted by atomic mass is 32.2. The molecule has 0 spiro atoms. The number of carbonyl (C=O) groups is 1. The van der Waals surface area contributed by atoms with Crippen molar-refractivity contribution < 1.29 is 22.7 Å². The summed E-state index contributed by atoms with van der Waals surface area (Å²) in [6, 6.07) is 4.00. The number of carboxylic acid groups (broad SMARTS) is 1. The molecule has 8 heteroatoms. The summed E-state index contributed by atoms with van der Waals surface area (Å²) < 4.78 is 35.8. The van der Waals surface area contributed by atoms with Gasteiger partial charge in [0.2, 0.25) is 0 Å². The Morgan fingerprint density at radius 1 is 1.42 bits per heavy atom. The molecule has 0 atom stereocenters. The molecule has 19 heavy (non-hydrogen) atoms. The van der Waals surface area contributed by atoms with Crippen LogP contribution in [0.3, 0.4) is 0 Å². The lowest BCUT2D eigenvalue weighted by molar-refractivity contribution is -0.134. The van der Waals surface area contributed by atoms with Crippen LogP contribution >= 0.6 is 0 Å². The largest absolute Gasteiger partial charge is 0.480 e. The molecule has 2 N–H and O–H groups in total. The maximum Gasteiger partial charge on any atom is 0.318 e. The summed E-state index contributed by atoms with van der Waals surface area (Å²) in [6.07, 6.45) is 0.0614. The summed E-state index contributed by atoms with van der Waals surface area (Å²) >= 11 is 0. The predicted molar refractivity (Wildman–Crippen MR) is 66.0 cm³/mol. The molecule has 1 aromatic heterocycles. The average molecular weight is 286 g/mol. The van der Waals surface area contributed by atoms with Gasteiger partial charge in [0, 0.05) is 6.42 Å². The van der Waals surface area contributed by atoms with E-state index in [1.807, 2.05) is 0 Å². The van der Waals surface area contributed by atoms with Crippen LogP contribution in [0.15, 0.2) is 18.2 Å². The number of aryl methyl sites for hydroxylation is 1. The Morgan fingerprint density at radius 3 is 2.84 bits per heavy atom. The van der Waals surface area contributed by atoms with Gasteiger partial charge in [-0.2, -0.15) is 0 Å². The molecular formula is C11H11FN2O4S. The van der Waals surface area contributed by atoms with Gasteiger partial charge in [-0.3, -0.25) is 4.79 Å². The molecule has 1 heterocycles. The van der Waals surface area contributed by atoms with Gasteiger partial charge in [-0.05, 0) is 18.2 Å². The molecule has 2 rings (SSSR count). The molecule has 0 radical (unpaired) electrons. The van der Waals surface area contributed by atoms with Gasteiger partial charge in [-0.25, -0.2) is 17.8 Å². The molecule has 0 aliphatic rings. The number of imidazole rings is 1. The van der Waals surface area contributed by atoms with E-state index in [1.165, 1.54) is 18.2 Å². The fraction of sp³-hybridized carbons (Fsp3) is 0.273. The molecule has 0 amide bonds. The average Bonchev–Trinajstić information content (AvgIpc) is 2.66. The number of rotatable bonds is 5. The van der Waals surface area contributed by atoms with Crippen molar-refractivity contribution in [3.05, 3.63) is 29.8 Å². The molecule has 0 fully saturated rings. The number of nitrogens with one attached hydrogen (secondary N) is 1. The zero-order valence-electron chi connectivity index (χ0n) is 9.76. The van der Waals surface area contributed by atoms with Gasteiger partial charge in [-0.1, -0.05) is 0 Å². The molecule has 0 saturated carbocycles. The van der Waals surface area contributed by atoms with Gasteiger partial charge in [0.25, 0.3) is 0 Å². The summed E-state index contributed by atoms with van der Waals surface area (Å²) in [6.45, 7) is 0. The van der Waals surface area contributed by atoms with E-state index in [1.54, 1.807) is 0 Å². The highest BCUT2D eigenvalue weighted by Crippen LogP contribution is 2.13. The third-order valence-electron chi connectivity index (χ3n) is 2.49. The lowest BCUT2D eigenvalue weighted by Crippen LogP contribution is -2.19. The van der Waals surface area contributed by atoms with Gasteiger partial charge in [0.15, 0.2) is 9.84 Å². The Balaban J connectivity index is 2.12. The van der Waals surface area contributed by atoms with Crippen LogP contribution in [0.2, 0.25) is 0 Å². The van der Waals surface area contributed by atoms with Crippen LogP contribution in [0.5, 0.6) is 0 Å². The van der Waals surface area contributed by atoms with Gasteiger partial charge < -0.3 is 10.1 Å². The minimum atomic E-state index is -3.66. The van der Waals surface area contributed by atoms with Crippen molar-refractivity contribution in [1.29, 1.82) is 0 Å². The molecule has 2 aromatic rings. The Kier molecular flexibility index (Phi) is 3.52. The van der Waals surface area contributed by atoms with Crippen LogP contribution < -0.4 is 0 Å². The summed E-state index contributed by atoms with van der Waals surface area (Å²) in [5, 5.41) is 8.45. The number of hydrogen-bond acceptors (Lipinski definition) is 4. The Hall–Kier alpha value is -1.96. The Bertz CT molecular complexity index is 723. The number of hydrogen-bond donors (Lipinski definition) is 2. The second-order valence-corrected chi connectivity index (χ2v) is 6.26. The molecule has 1 aromatic carbocycles. The number of aromatic amines is 1. The third-order valence-corrected chi connectivity index (χ3v) is 4.00. The minimum Gasteiger partial charge on any atom is -0.480 e. The van der Waals surface area contributed by atoms with Crippen molar-refractivity contribution in [2.24, 2.45) is 0 Å². The third kappa shape index (κ3) is 3.50. The Morgan fingerprint density at radius 2 is 2.16 bits per heavy atom. The van der Waals surface area contributed by atoms with Crippen LogP contribution in [0.1, 0.15) is 5.82 Å². The number of H-pyrrole nitrogens is 1. The van der Waals surface area contributed by atoms with Gasteiger partial charge in [0.05, 0.1) is 16.8 Å². The lowest BCUT2D eigenvalue weighted by atomic mass is 10.3. The number of aromatic nitrogens is 2. The molecule has 6 nitrogen and oxygen atoms in total. The highest BCUT2D eigenvalue weighted by molar-refractivity contribution is 7.92. The van der Waals surface area contributed by atoms with E-state index in [0.717, 1.165) is 0 Å². The van der Waals surface area contributed by atoms with E-state index in [-0.39, 0.29) is 12.2 Å². The van der Waals surface area contributed by atoms with E-state index < -0.39 is 27.4 Å². The second-order valence-electron chi connectivity index (χ2n) is 4.08. The van der Waals surface area contributed by atoms with Crippen molar-refractivity contribution >= 4 is 26.8 Å². The number of halogens is 1. The SMILES string of the molecule is O=C(O)CS(=O)(=O)CCc1nc2ccc(F)cc2[nH]1. The first-order chi connectivity index (χ1) is 8.85. The zero-order valence-corrected chi connectivity index (χ0v) is 10.6. The molecule has 102 valence electrons. The monoisotopic (exact) mass is 286 g/mol. The number of nitrogens with zero attached hydrogens (tertiary/aromatic N) is 1. The molecular weight excluding hydrogens is 275 g/mol. The van der Waals surface area contributed by atoms with E-state index in [9.17, 15) is 17.6 Å². The van der Waals surface area contributed by atoms with Crippen LogP contribution in [0, 0.1) is 5.82 Å². The van der Waals surface area contributed by atoms with Gasteiger partial charge in [-0.15, -0.1) is 0 Å². The summed E-state index contributed by atoms with van der Waals surface area (Å²) in [7, 11) is -3.66. The van der Waals surface area contributed by atoms with Crippen LogP contribution in [0.25, 0.3) is 11.0 Å². The Labute approximate surface area is 108 Å². The topological polar surface area (TPSA) is 100 Å². The quantitative estimate of drug-likeness (QED) is 0.844. The van der Waals surface area contributed by atoms with Crippen molar-refractivity contribution in [2.75, 3.05) is 11.5 Å². The van der Waals surface area contributed by atoms with Crippen LogP contribution in [0.4, 0.5) is 4.39 Å². The smallest absolute Gasteiger partial charge is 0.318 e. The van der Waals surface area contributed by atoms with E-state index in [4.69, 9.17) is 5.11 Å². The first-order valence-corrected chi connectivity index (χ1v) is 7.24. The maximum atomic E-state index is 13.0. The first-order valence-electron chi connectivity index (χ1n) is 5.42. The van der Waals surface area contributed by atoms with Crippen molar-refractivity contribution in [1.82, 2.24) is 9.97 Å². The molecule has 0 unspecified atom stereocenters. The first kappa shape index (κ1) is 13.5. The fourth-order valence-corrected chi connectivity index (χ4v) is 2.69. The van der Waals surface area contributed by atoms with Crippen LogP contribution in [-0.4, -0.2) is 41.0 Å². The number of fused-ring (bicyclic) bond motifs is 1.